The molecule has 0 saturated heterocycles. The molecule has 0 aliphatic heterocycles. The van der Waals surface area contributed by atoms with Crippen LogP contribution in [0.25, 0.3) is 10.8 Å². The van der Waals surface area contributed by atoms with Gasteiger partial charge in [0.25, 0.3) is 0 Å². The Bertz CT molecular complexity index is 1010. The van der Waals surface area contributed by atoms with Crippen LogP contribution in [0.3, 0.4) is 0 Å². The highest BCUT2D eigenvalue weighted by molar-refractivity contribution is 5.94. The summed E-state index contributed by atoms with van der Waals surface area (Å²) in [5.41, 5.74) is 2.51. The minimum Gasteiger partial charge on any atom is -0.331 e. The van der Waals surface area contributed by atoms with Gasteiger partial charge in [0.05, 0.1) is 6.04 Å². The minimum absolute atomic E-state index is 0.0914. The minimum atomic E-state index is -0.256. The fourth-order valence-electron chi connectivity index (χ4n) is 3.16. The van der Waals surface area contributed by atoms with Crippen molar-refractivity contribution in [2.75, 3.05) is 10.6 Å². The lowest BCUT2D eigenvalue weighted by Gasteiger charge is -2.16. The van der Waals surface area contributed by atoms with Gasteiger partial charge < -0.3 is 16.0 Å². The maximum Gasteiger partial charge on any atom is 0.319 e. The number of rotatable bonds is 5. The summed E-state index contributed by atoms with van der Waals surface area (Å²) >= 11 is 0. The Kier molecular flexibility index (Phi) is 4.98. The highest BCUT2D eigenvalue weighted by Crippen LogP contribution is 2.30. The summed E-state index contributed by atoms with van der Waals surface area (Å²) in [4.78, 5) is 24.2. The Morgan fingerprint density at radius 2 is 1.54 bits per heavy atom. The van der Waals surface area contributed by atoms with Gasteiger partial charge in [0.1, 0.15) is 0 Å². The highest BCUT2D eigenvalue weighted by Gasteiger charge is 2.29. The normalized spacial score (nSPS) is 14.3. The van der Waals surface area contributed by atoms with Crippen molar-refractivity contribution in [3.63, 3.8) is 0 Å². The molecule has 4 rings (SSSR count). The fourth-order valence-corrected chi connectivity index (χ4v) is 3.16. The van der Waals surface area contributed by atoms with E-state index in [-0.39, 0.29) is 23.9 Å². The van der Waals surface area contributed by atoms with E-state index in [9.17, 15) is 9.59 Å². The summed E-state index contributed by atoms with van der Waals surface area (Å²) in [6.45, 7) is 1.93. The van der Waals surface area contributed by atoms with Gasteiger partial charge in [-0.05, 0) is 60.4 Å². The van der Waals surface area contributed by atoms with Crippen LogP contribution < -0.4 is 16.0 Å². The topological polar surface area (TPSA) is 70.2 Å². The predicted molar refractivity (Wildman–Crippen MR) is 112 cm³/mol. The van der Waals surface area contributed by atoms with E-state index in [1.807, 2.05) is 73.7 Å². The zero-order valence-corrected chi connectivity index (χ0v) is 15.7. The summed E-state index contributed by atoms with van der Waals surface area (Å²) in [7, 11) is 0. The van der Waals surface area contributed by atoms with Gasteiger partial charge in [-0.25, -0.2) is 4.79 Å². The van der Waals surface area contributed by atoms with E-state index in [1.165, 1.54) is 0 Å². The lowest BCUT2D eigenvalue weighted by molar-refractivity contribution is -0.117. The van der Waals surface area contributed by atoms with Crippen molar-refractivity contribution in [3.05, 3.63) is 72.3 Å². The first kappa shape index (κ1) is 18.0. The number of carbonyl (C=O) groups excluding carboxylic acids is 2. The van der Waals surface area contributed by atoms with E-state index in [2.05, 4.69) is 16.0 Å². The van der Waals surface area contributed by atoms with Crippen LogP contribution in [0.4, 0.5) is 16.2 Å². The molecule has 3 aromatic carbocycles. The van der Waals surface area contributed by atoms with Gasteiger partial charge in [0.2, 0.25) is 5.91 Å². The molecule has 1 fully saturated rings. The SMILES string of the molecule is CC(NC(=O)Nc1ccc2ccccc2c1)c1ccc(NC(=O)C2CC2)cc1. The van der Waals surface area contributed by atoms with Crippen molar-refractivity contribution in [1.29, 1.82) is 0 Å². The number of fused-ring (bicyclic) bond motifs is 1. The number of benzene rings is 3. The summed E-state index contributed by atoms with van der Waals surface area (Å²) in [5.74, 6) is 0.271. The molecular formula is C23H23N3O2. The van der Waals surface area contributed by atoms with Gasteiger partial charge in [-0.15, -0.1) is 0 Å². The van der Waals surface area contributed by atoms with E-state index in [4.69, 9.17) is 0 Å². The van der Waals surface area contributed by atoms with Crippen LogP contribution in [0.1, 0.15) is 31.4 Å². The summed E-state index contributed by atoms with van der Waals surface area (Å²) in [6.07, 6.45) is 1.97. The lowest BCUT2D eigenvalue weighted by Crippen LogP contribution is -2.31. The predicted octanol–water partition coefficient (Wildman–Crippen LogP) is 5.07. The van der Waals surface area contributed by atoms with Crippen molar-refractivity contribution < 1.29 is 9.59 Å². The molecule has 28 heavy (non-hydrogen) atoms. The molecule has 3 aromatic rings. The number of hydrogen-bond donors (Lipinski definition) is 3. The summed E-state index contributed by atoms with van der Waals surface area (Å²) in [5, 5.41) is 11.0. The number of nitrogens with one attached hydrogen (secondary N) is 3. The molecule has 1 aliphatic carbocycles. The van der Waals surface area contributed by atoms with Crippen LogP contribution >= 0.6 is 0 Å². The van der Waals surface area contributed by atoms with Gasteiger partial charge in [0.15, 0.2) is 0 Å². The average Bonchev–Trinajstić information content (AvgIpc) is 3.54. The largest absolute Gasteiger partial charge is 0.331 e. The van der Waals surface area contributed by atoms with E-state index >= 15 is 0 Å². The van der Waals surface area contributed by atoms with Gasteiger partial charge >= 0.3 is 6.03 Å². The Balaban J connectivity index is 1.34. The maximum absolute atomic E-state index is 12.3. The van der Waals surface area contributed by atoms with E-state index in [0.717, 1.165) is 40.6 Å². The molecule has 1 atom stereocenters. The zero-order chi connectivity index (χ0) is 19.5. The van der Waals surface area contributed by atoms with Gasteiger partial charge in [-0.3, -0.25) is 4.79 Å². The number of amides is 3. The molecule has 0 aromatic heterocycles. The second kappa shape index (κ2) is 7.72. The van der Waals surface area contributed by atoms with Gasteiger partial charge in [0, 0.05) is 17.3 Å². The van der Waals surface area contributed by atoms with Gasteiger partial charge in [-0.1, -0.05) is 42.5 Å². The smallest absolute Gasteiger partial charge is 0.319 e. The third-order valence-corrected chi connectivity index (χ3v) is 4.98. The van der Waals surface area contributed by atoms with Crippen LogP contribution in [0.15, 0.2) is 66.7 Å². The van der Waals surface area contributed by atoms with Crippen LogP contribution in [-0.2, 0) is 4.79 Å². The zero-order valence-electron chi connectivity index (χ0n) is 15.7. The van der Waals surface area contributed by atoms with E-state index in [0.29, 0.717) is 0 Å². The number of anilines is 2. The molecule has 0 bridgehead atoms. The molecule has 0 radical (unpaired) electrons. The molecule has 1 saturated carbocycles. The molecule has 5 nitrogen and oxygen atoms in total. The van der Waals surface area contributed by atoms with Crippen molar-refractivity contribution in [3.8, 4) is 0 Å². The first-order chi connectivity index (χ1) is 13.6. The third-order valence-electron chi connectivity index (χ3n) is 4.98. The third kappa shape index (κ3) is 4.31. The first-order valence-corrected chi connectivity index (χ1v) is 9.55. The summed E-state index contributed by atoms with van der Waals surface area (Å²) in [6, 6.07) is 21.0. The Hall–Kier alpha value is -3.34. The van der Waals surface area contributed by atoms with E-state index < -0.39 is 0 Å². The quantitative estimate of drug-likeness (QED) is 0.584. The van der Waals surface area contributed by atoms with E-state index in [1.54, 1.807) is 0 Å². The van der Waals surface area contributed by atoms with Crippen LogP contribution in [0, 0.1) is 5.92 Å². The van der Waals surface area contributed by atoms with Crippen molar-refractivity contribution >= 4 is 34.1 Å². The average molecular weight is 373 g/mol. The van der Waals surface area contributed by atoms with Crippen molar-refractivity contribution in [2.45, 2.75) is 25.8 Å². The maximum atomic E-state index is 12.3. The number of hydrogen-bond acceptors (Lipinski definition) is 2. The van der Waals surface area contributed by atoms with Crippen LogP contribution in [0.5, 0.6) is 0 Å². The Morgan fingerprint density at radius 3 is 2.25 bits per heavy atom. The van der Waals surface area contributed by atoms with Crippen LogP contribution in [0.2, 0.25) is 0 Å². The number of urea groups is 1. The van der Waals surface area contributed by atoms with Crippen molar-refractivity contribution in [1.82, 2.24) is 5.32 Å². The number of carbonyl (C=O) groups is 2. The fraction of sp³-hybridized carbons (Fsp3) is 0.217. The molecule has 142 valence electrons. The second-order valence-corrected chi connectivity index (χ2v) is 7.27. The molecule has 0 spiro atoms. The monoisotopic (exact) mass is 373 g/mol. The lowest BCUT2D eigenvalue weighted by atomic mass is 10.1. The Morgan fingerprint density at radius 1 is 0.857 bits per heavy atom. The Labute approximate surface area is 164 Å². The highest BCUT2D eigenvalue weighted by atomic mass is 16.2. The van der Waals surface area contributed by atoms with Crippen molar-refractivity contribution in [2.24, 2.45) is 5.92 Å². The van der Waals surface area contributed by atoms with Gasteiger partial charge in [-0.2, -0.15) is 0 Å². The summed E-state index contributed by atoms with van der Waals surface area (Å²) < 4.78 is 0. The molecule has 1 aliphatic rings. The second-order valence-electron chi connectivity index (χ2n) is 7.27. The molecule has 3 N–H and O–H groups in total. The standard InChI is InChI=1S/C23H23N3O2/c1-15(16-8-11-20(12-9-16)25-22(27)18-6-7-18)24-23(28)26-21-13-10-17-4-2-3-5-19(17)14-21/h2-5,8-15,18H,6-7H2,1H3,(H,25,27)(H2,24,26,28). The molecule has 1 unspecified atom stereocenters. The molecule has 0 heterocycles. The molecule has 3 amide bonds. The molecule has 5 heteroatoms. The molecular weight excluding hydrogens is 350 g/mol. The van der Waals surface area contributed by atoms with Crippen LogP contribution in [-0.4, -0.2) is 11.9 Å². The first-order valence-electron chi connectivity index (χ1n) is 9.55.